The van der Waals surface area contributed by atoms with Crippen LogP contribution in [0.2, 0.25) is 0 Å². The minimum absolute atomic E-state index is 0.743. The third kappa shape index (κ3) is 2.63. The molecular formula is C15H24N2. The van der Waals surface area contributed by atoms with Crippen molar-refractivity contribution in [2.75, 3.05) is 20.1 Å². The Kier molecular flexibility index (Phi) is 4.06. The molecule has 0 aromatic carbocycles. The molecule has 0 aliphatic carbocycles. The highest BCUT2D eigenvalue weighted by molar-refractivity contribution is 5.34. The fourth-order valence-electron chi connectivity index (χ4n) is 2.82. The van der Waals surface area contributed by atoms with Gasteiger partial charge in [-0.2, -0.15) is 0 Å². The first-order valence-electron chi connectivity index (χ1n) is 6.78. The number of aromatic nitrogens is 1. The predicted molar refractivity (Wildman–Crippen MR) is 74.4 cm³/mol. The van der Waals surface area contributed by atoms with Crippen LogP contribution < -0.4 is 10.6 Å². The molecule has 0 amide bonds. The van der Waals surface area contributed by atoms with Gasteiger partial charge in [-0.15, -0.1) is 0 Å². The van der Waals surface area contributed by atoms with Gasteiger partial charge in [0.05, 0.1) is 0 Å². The van der Waals surface area contributed by atoms with Crippen molar-refractivity contribution in [2.45, 2.75) is 39.0 Å². The lowest BCUT2D eigenvalue weighted by atomic mass is 9.90. The van der Waals surface area contributed by atoms with Crippen LogP contribution in [-0.4, -0.2) is 30.0 Å². The van der Waals surface area contributed by atoms with Gasteiger partial charge >= 0.3 is 0 Å². The smallest absolute Gasteiger partial charge is 0.0412 e. The summed E-state index contributed by atoms with van der Waals surface area (Å²) in [4.78, 5) is 5.86. The predicted octanol–water partition coefficient (Wildman–Crippen LogP) is 1.81. The van der Waals surface area contributed by atoms with E-state index < -0.39 is 0 Å². The Bertz CT molecular complexity index is 462. The van der Waals surface area contributed by atoms with Gasteiger partial charge in [0, 0.05) is 11.5 Å². The highest BCUT2D eigenvalue weighted by Gasteiger charge is 2.19. The molecule has 1 aromatic heterocycles. The van der Waals surface area contributed by atoms with E-state index in [4.69, 9.17) is 0 Å². The number of likely N-dealkylation sites (tertiary alicyclic amines) is 1. The maximum Gasteiger partial charge on any atom is 0.0412 e. The Morgan fingerprint density at radius 2 is 2.12 bits per heavy atom. The quantitative estimate of drug-likeness (QED) is 0.824. The molecule has 2 rings (SSSR count). The van der Waals surface area contributed by atoms with Crippen molar-refractivity contribution in [3.63, 3.8) is 0 Å². The van der Waals surface area contributed by atoms with Crippen molar-refractivity contribution in [3.8, 4) is 0 Å². The maximum atomic E-state index is 3.43. The lowest BCUT2D eigenvalue weighted by molar-refractivity contribution is 0.255. The first kappa shape index (κ1) is 12.4. The van der Waals surface area contributed by atoms with Gasteiger partial charge in [0.1, 0.15) is 0 Å². The van der Waals surface area contributed by atoms with Crippen molar-refractivity contribution >= 4 is 12.2 Å². The summed E-state index contributed by atoms with van der Waals surface area (Å²) in [6.45, 7) is 6.79. The summed E-state index contributed by atoms with van der Waals surface area (Å²) in [7, 11) is 2.22. The lowest BCUT2D eigenvalue weighted by Crippen LogP contribution is -2.32. The van der Waals surface area contributed by atoms with Crippen LogP contribution in [0.25, 0.3) is 12.2 Å². The molecule has 2 heterocycles. The summed E-state index contributed by atoms with van der Waals surface area (Å²) in [5.74, 6) is 0.743. The first-order chi connectivity index (χ1) is 8.26. The molecule has 1 fully saturated rings. The van der Waals surface area contributed by atoms with Gasteiger partial charge in [-0.1, -0.05) is 19.1 Å². The molecule has 2 nitrogen and oxygen atoms in total. The van der Waals surface area contributed by atoms with E-state index in [0.717, 1.165) is 12.3 Å². The van der Waals surface area contributed by atoms with Crippen LogP contribution in [0.15, 0.2) is 6.20 Å². The van der Waals surface area contributed by atoms with Crippen LogP contribution in [0.5, 0.6) is 0 Å². The summed E-state index contributed by atoms with van der Waals surface area (Å²) < 4.78 is 0. The second-order valence-corrected chi connectivity index (χ2v) is 5.05. The minimum atomic E-state index is 0.743. The molecule has 17 heavy (non-hydrogen) atoms. The van der Waals surface area contributed by atoms with Crippen LogP contribution in [-0.2, 0) is 0 Å². The first-order valence-corrected chi connectivity index (χ1v) is 6.78. The van der Waals surface area contributed by atoms with E-state index in [1.165, 1.54) is 42.1 Å². The Labute approximate surface area is 104 Å². The van der Waals surface area contributed by atoms with Crippen LogP contribution in [0, 0.1) is 0 Å². The van der Waals surface area contributed by atoms with E-state index in [2.05, 4.69) is 49.1 Å². The van der Waals surface area contributed by atoms with Crippen molar-refractivity contribution in [1.29, 1.82) is 0 Å². The molecule has 1 saturated heterocycles. The van der Waals surface area contributed by atoms with Gasteiger partial charge in [0.15, 0.2) is 0 Å². The fraction of sp³-hybridized carbons (Fsp3) is 0.600. The van der Waals surface area contributed by atoms with Gasteiger partial charge in [0.2, 0.25) is 0 Å². The van der Waals surface area contributed by atoms with Crippen LogP contribution in [0.3, 0.4) is 0 Å². The van der Waals surface area contributed by atoms with Crippen molar-refractivity contribution in [3.05, 3.63) is 22.3 Å². The summed E-state index contributed by atoms with van der Waals surface area (Å²) in [6.07, 6.45) is 10.4. The van der Waals surface area contributed by atoms with Crippen molar-refractivity contribution in [1.82, 2.24) is 9.88 Å². The number of nitrogens with one attached hydrogen (secondary N) is 1. The third-order valence-electron chi connectivity index (χ3n) is 3.84. The Morgan fingerprint density at radius 1 is 1.41 bits per heavy atom. The minimum Gasteiger partial charge on any atom is -0.361 e. The Hall–Kier alpha value is -1.02. The molecule has 1 aromatic rings. The number of piperidine rings is 1. The molecule has 0 saturated carbocycles. The van der Waals surface area contributed by atoms with Gasteiger partial charge in [-0.05, 0) is 63.0 Å². The van der Waals surface area contributed by atoms with E-state index >= 15 is 0 Å². The second-order valence-electron chi connectivity index (χ2n) is 5.05. The van der Waals surface area contributed by atoms with Gasteiger partial charge in [0.25, 0.3) is 0 Å². The van der Waals surface area contributed by atoms with E-state index in [9.17, 15) is 0 Å². The average molecular weight is 232 g/mol. The van der Waals surface area contributed by atoms with Crippen LogP contribution in [0.1, 0.15) is 44.6 Å². The summed E-state index contributed by atoms with van der Waals surface area (Å²) in [6, 6.07) is 0. The Balaban J connectivity index is 2.31. The molecule has 0 spiro atoms. The zero-order valence-electron chi connectivity index (χ0n) is 11.3. The molecule has 0 bridgehead atoms. The molecule has 0 radical (unpaired) electrons. The summed E-state index contributed by atoms with van der Waals surface area (Å²) in [5, 5.41) is 2.74. The van der Waals surface area contributed by atoms with Crippen LogP contribution >= 0.6 is 0 Å². The lowest BCUT2D eigenvalue weighted by Gasteiger charge is -2.28. The second kappa shape index (κ2) is 5.54. The van der Waals surface area contributed by atoms with Crippen molar-refractivity contribution in [2.24, 2.45) is 0 Å². The average Bonchev–Trinajstić information content (AvgIpc) is 2.73. The highest BCUT2D eigenvalue weighted by Crippen LogP contribution is 2.24. The standard InChI is InChI=1S/C15H24N2/c1-4-6-15-13(5-2)14(11-16-15)12-7-9-17(3)10-8-12/h5-6,11-12,16H,4,7-10H2,1-3H3/b13-5-,15-6+. The molecule has 1 aliphatic rings. The zero-order chi connectivity index (χ0) is 12.3. The molecule has 1 aliphatic heterocycles. The van der Waals surface area contributed by atoms with E-state index in [1.807, 2.05) is 0 Å². The number of hydrogen-bond donors (Lipinski definition) is 1. The zero-order valence-corrected chi connectivity index (χ0v) is 11.3. The maximum absolute atomic E-state index is 3.43. The molecule has 0 unspecified atom stereocenters. The van der Waals surface area contributed by atoms with Gasteiger partial charge in [-0.25, -0.2) is 0 Å². The molecule has 2 heteroatoms. The number of rotatable bonds is 2. The van der Waals surface area contributed by atoms with Crippen molar-refractivity contribution < 1.29 is 0 Å². The van der Waals surface area contributed by atoms with Crippen LogP contribution in [0.4, 0.5) is 0 Å². The van der Waals surface area contributed by atoms with E-state index in [0.29, 0.717) is 0 Å². The number of nitrogens with zero attached hydrogens (tertiary/aromatic N) is 1. The van der Waals surface area contributed by atoms with Gasteiger partial charge in [-0.3, -0.25) is 0 Å². The number of aromatic amines is 1. The van der Waals surface area contributed by atoms with Gasteiger partial charge < -0.3 is 9.88 Å². The molecule has 94 valence electrons. The Morgan fingerprint density at radius 3 is 2.71 bits per heavy atom. The third-order valence-corrected chi connectivity index (χ3v) is 3.84. The number of H-pyrrole nitrogens is 1. The summed E-state index contributed by atoms with van der Waals surface area (Å²) in [5.41, 5.74) is 1.53. The molecule has 0 atom stereocenters. The number of hydrogen-bond acceptors (Lipinski definition) is 1. The topological polar surface area (TPSA) is 19.0 Å². The monoisotopic (exact) mass is 232 g/mol. The SMILES string of the molecule is C/C=c1/c(C2CCN(C)CC2)c[nH]/c1=C/CC. The fourth-order valence-corrected chi connectivity index (χ4v) is 2.82. The normalized spacial score (nSPS) is 21.4. The van der Waals surface area contributed by atoms with E-state index in [1.54, 1.807) is 0 Å². The highest BCUT2D eigenvalue weighted by atomic mass is 15.1. The largest absolute Gasteiger partial charge is 0.361 e. The summed E-state index contributed by atoms with van der Waals surface area (Å²) >= 11 is 0. The molecule has 1 N–H and O–H groups in total. The molecular weight excluding hydrogens is 208 g/mol. The van der Waals surface area contributed by atoms with E-state index in [-0.39, 0.29) is 0 Å².